The van der Waals surface area contributed by atoms with Crippen molar-refractivity contribution in [3.05, 3.63) is 0 Å². The number of esters is 1. The Morgan fingerprint density at radius 2 is 0.925 bits per heavy atom. The molecule has 6 heteroatoms. The number of carbonyl (C=O) groups excluding carboxylic acids is 1. The molecule has 0 aromatic rings. The summed E-state index contributed by atoms with van der Waals surface area (Å²) in [6, 6.07) is 0. The Morgan fingerprint density at radius 3 is 1.27 bits per heavy atom. The minimum absolute atomic E-state index is 0.0865. The van der Waals surface area contributed by atoms with Crippen LogP contribution in [0.4, 0.5) is 0 Å². The van der Waals surface area contributed by atoms with Crippen molar-refractivity contribution in [2.24, 2.45) is 11.8 Å². The van der Waals surface area contributed by atoms with Crippen LogP contribution in [0.1, 0.15) is 174 Å². The van der Waals surface area contributed by atoms with Gasteiger partial charge in [0.1, 0.15) is 12.7 Å². The Hall–Kier alpha value is -1.14. The van der Waals surface area contributed by atoms with Crippen LogP contribution in [0.5, 0.6) is 0 Å². The number of hydrogen-bond acceptors (Lipinski definition) is 5. The number of carboxylic acids is 1. The SMILES string of the molecule is CC(C)CCCCCCCCC(CCCCCCCCCCCCCCCCCC(=O)O)C(=O)OCC(O)CO. The average Bonchev–Trinajstić information content (AvgIpc) is 2.92. The monoisotopic (exact) mass is 570 g/mol. The van der Waals surface area contributed by atoms with Crippen LogP contribution in [0.2, 0.25) is 0 Å². The van der Waals surface area contributed by atoms with Gasteiger partial charge < -0.3 is 20.1 Å². The third-order valence-corrected chi connectivity index (χ3v) is 7.99. The van der Waals surface area contributed by atoms with E-state index in [4.69, 9.17) is 14.9 Å². The molecule has 0 saturated heterocycles. The molecular weight excluding hydrogens is 504 g/mol. The molecule has 0 bridgehead atoms. The predicted octanol–water partition coefficient (Wildman–Crippen LogP) is 8.99. The van der Waals surface area contributed by atoms with E-state index in [1.54, 1.807) is 0 Å². The van der Waals surface area contributed by atoms with Crippen LogP contribution < -0.4 is 0 Å². The van der Waals surface area contributed by atoms with Crippen molar-refractivity contribution in [3.63, 3.8) is 0 Å². The minimum atomic E-state index is -0.989. The first kappa shape index (κ1) is 38.9. The zero-order chi connectivity index (χ0) is 29.7. The highest BCUT2D eigenvalue weighted by Gasteiger charge is 2.20. The summed E-state index contributed by atoms with van der Waals surface area (Å²) in [5, 5.41) is 27.2. The Kier molecular flexibility index (Phi) is 28.5. The maximum absolute atomic E-state index is 12.6. The van der Waals surface area contributed by atoms with Crippen LogP contribution in [-0.2, 0) is 14.3 Å². The van der Waals surface area contributed by atoms with Crippen LogP contribution in [0.25, 0.3) is 0 Å². The highest BCUT2D eigenvalue weighted by Crippen LogP contribution is 2.21. The fourth-order valence-corrected chi connectivity index (χ4v) is 5.34. The minimum Gasteiger partial charge on any atom is -0.481 e. The molecule has 0 amide bonds. The maximum Gasteiger partial charge on any atom is 0.309 e. The van der Waals surface area contributed by atoms with Crippen molar-refractivity contribution in [1.29, 1.82) is 0 Å². The second kappa shape index (κ2) is 29.4. The largest absolute Gasteiger partial charge is 0.481 e. The Labute approximate surface area is 247 Å². The van der Waals surface area contributed by atoms with E-state index in [2.05, 4.69) is 13.8 Å². The van der Waals surface area contributed by atoms with Gasteiger partial charge in [-0.3, -0.25) is 9.59 Å². The molecule has 0 heterocycles. The molecule has 0 aliphatic carbocycles. The lowest BCUT2D eigenvalue weighted by Crippen LogP contribution is -2.25. The summed E-state index contributed by atoms with van der Waals surface area (Å²) in [5.74, 6) is -0.181. The van der Waals surface area contributed by atoms with E-state index in [1.807, 2.05) is 0 Å². The molecule has 0 aromatic carbocycles. The summed E-state index contributed by atoms with van der Waals surface area (Å²) < 4.78 is 5.31. The van der Waals surface area contributed by atoms with Gasteiger partial charge in [0.25, 0.3) is 0 Å². The number of aliphatic hydroxyl groups is 2. The van der Waals surface area contributed by atoms with E-state index in [0.717, 1.165) is 50.9 Å². The molecule has 0 radical (unpaired) electrons. The molecule has 0 spiro atoms. The van der Waals surface area contributed by atoms with Gasteiger partial charge in [-0.25, -0.2) is 0 Å². The molecule has 3 N–H and O–H groups in total. The van der Waals surface area contributed by atoms with Crippen LogP contribution in [0.15, 0.2) is 0 Å². The number of aliphatic carboxylic acids is 1. The molecule has 2 atom stereocenters. The Morgan fingerprint density at radius 1 is 0.575 bits per heavy atom. The second-order valence-corrected chi connectivity index (χ2v) is 12.5. The number of rotatable bonds is 31. The van der Waals surface area contributed by atoms with Gasteiger partial charge in [0.05, 0.1) is 12.5 Å². The second-order valence-electron chi connectivity index (χ2n) is 12.5. The molecule has 0 rings (SSSR count). The summed E-state index contributed by atoms with van der Waals surface area (Å²) >= 11 is 0. The summed E-state index contributed by atoms with van der Waals surface area (Å²) in [6.07, 6.45) is 27.9. The summed E-state index contributed by atoms with van der Waals surface area (Å²) in [6.45, 7) is 4.06. The van der Waals surface area contributed by atoms with Gasteiger partial charge in [-0.05, 0) is 25.2 Å². The lowest BCUT2D eigenvalue weighted by atomic mass is 9.94. The van der Waals surface area contributed by atoms with Crippen molar-refractivity contribution in [1.82, 2.24) is 0 Å². The fourth-order valence-electron chi connectivity index (χ4n) is 5.34. The summed E-state index contributed by atoms with van der Waals surface area (Å²) in [7, 11) is 0. The number of unbranched alkanes of at least 4 members (excludes halogenated alkanes) is 19. The van der Waals surface area contributed by atoms with Crippen molar-refractivity contribution < 1.29 is 29.6 Å². The van der Waals surface area contributed by atoms with Gasteiger partial charge in [-0.2, -0.15) is 0 Å². The van der Waals surface area contributed by atoms with Crippen molar-refractivity contribution in [3.8, 4) is 0 Å². The normalized spacial score (nSPS) is 13.0. The summed E-state index contributed by atoms with van der Waals surface area (Å²) in [5.41, 5.74) is 0. The third kappa shape index (κ3) is 28.4. The van der Waals surface area contributed by atoms with E-state index in [9.17, 15) is 14.7 Å². The van der Waals surface area contributed by atoms with E-state index in [1.165, 1.54) is 109 Å². The zero-order valence-electron chi connectivity index (χ0n) is 26.4. The van der Waals surface area contributed by atoms with E-state index in [-0.39, 0.29) is 25.1 Å². The van der Waals surface area contributed by atoms with E-state index in [0.29, 0.717) is 6.42 Å². The van der Waals surface area contributed by atoms with Gasteiger partial charge >= 0.3 is 11.9 Å². The molecular formula is C34H66O6. The highest BCUT2D eigenvalue weighted by molar-refractivity contribution is 5.72. The van der Waals surface area contributed by atoms with E-state index >= 15 is 0 Å². The quantitative estimate of drug-likeness (QED) is 0.0567. The molecule has 2 unspecified atom stereocenters. The predicted molar refractivity (Wildman–Crippen MR) is 165 cm³/mol. The fraction of sp³-hybridized carbons (Fsp3) is 0.941. The molecule has 0 saturated carbocycles. The van der Waals surface area contributed by atoms with Gasteiger partial charge in [-0.1, -0.05) is 149 Å². The first-order valence-electron chi connectivity index (χ1n) is 17.0. The van der Waals surface area contributed by atoms with Crippen molar-refractivity contribution in [2.45, 2.75) is 180 Å². The van der Waals surface area contributed by atoms with Crippen molar-refractivity contribution in [2.75, 3.05) is 13.2 Å². The molecule has 6 nitrogen and oxygen atoms in total. The number of ether oxygens (including phenoxy) is 1. The van der Waals surface area contributed by atoms with Crippen LogP contribution in [-0.4, -0.2) is 46.6 Å². The first-order chi connectivity index (χ1) is 19.4. The zero-order valence-corrected chi connectivity index (χ0v) is 26.4. The Balaban J connectivity index is 3.82. The highest BCUT2D eigenvalue weighted by atomic mass is 16.5. The average molecular weight is 571 g/mol. The molecule has 0 aliphatic rings. The number of hydrogen-bond donors (Lipinski definition) is 3. The summed E-state index contributed by atoms with van der Waals surface area (Å²) in [4.78, 5) is 23.1. The lowest BCUT2D eigenvalue weighted by molar-refractivity contribution is -0.152. The Bertz CT molecular complexity index is 565. The van der Waals surface area contributed by atoms with Crippen molar-refractivity contribution >= 4 is 11.9 Å². The van der Waals surface area contributed by atoms with E-state index < -0.39 is 12.1 Å². The van der Waals surface area contributed by atoms with Gasteiger partial charge in [0, 0.05) is 6.42 Å². The lowest BCUT2D eigenvalue weighted by Gasteiger charge is -2.17. The topological polar surface area (TPSA) is 104 Å². The molecule has 238 valence electrons. The molecule has 0 aliphatic heterocycles. The van der Waals surface area contributed by atoms with Gasteiger partial charge in [0.2, 0.25) is 0 Å². The first-order valence-corrected chi connectivity index (χ1v) is 17.0. The standard InChI is InChI=1S/C34H66O6/c1-30(2)24-20-16-14-15-18-22-26-31(34(39)40-29-32(36)28-35)25-21-17-12-10-8-6-4-3-5-7-9-11-13-19-23-27-33(37)38/h30-32,35-36H,3-29H2,1-2H3,(H,37,38). The third-order valence-electron chi connectivity index (χ3n) is 7.99. The molecule has 0 fully saturated rings. The number of carboxylic acid groups (broad SMARTS) is 1. The number of carbonyl (C=O) groups is 2. The van der Waals surface area contributed by atoms with Crippen LogP contribution in [0.3, 0.4) is 0 Å². The number of aliphatic hydroxyl groups excluding tert-OH is 2. The molecule has 40 heavy (non-hydrogen) atoms. The van der Waals surface area contributed by atoms with Gasteiger partial charge in [0.15, 0.2) is 0 Å². The van der Waals surface area contributed by atoms with Crippen LogP contribution >= 0.6 is 0 Å². The molecule has 0 aromatic heterocycles. The van der Waals surface area contributed by atoms with Crippen LogP contribution in [0, 0.1) is 11.8 Å². The maximum atomic E-state index is 12.6. The van der Waals surface area contributed by atoms with Gasteiger partial charge in [-0.15, -0.1) is 0 Å². The smallest absolute Gasteiger partial charge is 0.309 e.